The highest BCUT2D eigenvalue weighted by Gasteiger charge is 2.23. The highest BCUT2D eigenvalue weighted by molar-refractivity contribution is 7.92. The predicted octanol–water partition coefficient (Wildman–Crippen LogP) is 5.58. The molecule has 0 unspecified atom stereocenters. The normalized spacial score (nSPS) is 12.5. The van der Waals surface area contributed by atoms with Gasteiger partial charge in [-0.2, -0.15) is 0 Å². The summed E-state index contributed by atoms with van der Waals surface area (Å²) >= 11 is 7.39. The molecule has 0 aliphatic carbocycles. The van der Waals surface area contributed by atoms with Crippen LogP contribution in [0.5, 0.6) is 0 Å². The number of hydrogen-bond donors (Lipinski definition) is 1. The van der Waals surface area contributed by atoms with E-state index in [4.69, 9.17) is 11.6 Å². The van der Waals surface area contributed by atoms with Crippen LogP contribution in [0.25, 0.3) is 10.2 Å². The Bertz CT molecular complexity index is 1350. The molecule has 1 heterocycles. The molecule has 0 bridgehead atoms. The lowest BCUT2D eigenvalue weighted by atomic mass is 10.2. The van der Waals surface area contributed by atoms with Crippen molar-refractivity contribution in [3.8, 4) is 0 Å². The summed E-state index contributed by atoms with van der Waals surface area (Å²) < 4.78 is 29.2. The van der Waals surface area contributed by atoms with E-state index in [0.29, 0.717) is 10.7 Å². The largest absolute Gasteiger partial charge is 0.333 e. The number of benzene rings is 3. The molecule has 0 aliphatic heterocycles. The van der Waals surface area contributed by atoms with Crippen molar-refractivity contribution >= 4 is 54.8 Å². The van der Waals surface area contributed by atoms with E-state index in [1.54, 1.807) is 48.3 Å². The van der Waals surface area contributed by atoms with E-state index in [9.17, 15) is 13.2 Å². The fourth-order valence-corrected chi connectivity index (χ4v) is 5.44. The van der Waals surface area contributed by atoms with E-state index in [0.717, 1.165) is 15.2 Å². The molecule has 1 aromatic heterocycles. The number of carbonyl (C=O) groups is 1. The third kappa shape index (κ3) is 4.62. The van der Waals surface area contributed by atoms with Gasteiger partial charge in [-0.25, -0.2) is 13.4 Å². The van der Waals surface area contributed by atoms with Gasteiger partial charge < -0.3 is 4.90 Å². The SMILES string of the molecule is C[C@@H](c1nc2ccccc2s1)N(C)C(=O)c1cccc(S(=O)(=O)Nc2ccc(Cl)cc2)c1. The highest BCUT2D eigenvalue weighted by atomic mass is 35.5. The number of para-hydroxylation sites is 1. The summed E-state index contributed by atoms with van der Waals surface area (Å²) in [5.74, 6) is -0.291. The number of nitrogens with zero attached hydrogens (tertiary/aromatic N) is 2. The number of hydrogen-bond acceptors (Lipinski definition) is 5. The van der Waals surface area contributed by atoms with Crippen LogP contribution in [-0.4, -0.2) is 31.3 Å². The van der Waals surface area contributed by atoms with Crippen molar-refractivity contribution in [2.45, 2.75) is 17.9 Å². The minimum atomic E-state index is -3.87. The number of rotatable bonds is 6. The maximum absolute atomic E-state index is 13.1. The van der Waals surface area contributed by atoms with Gasteiger partial charge in [0.2, 0.25) is 0 Å². The third-order valence-electron chi connectivity index (χ3n) is 5.06. The molecule has 4 rings (SSSR count). The van der Waals surface area contributed by atoms with Gasteiger partial charge in [0, 0.05) is 23.3 Å². The lowest BCUT2D eigenvalue weighted by Crippen LogP contribution is -2.29. The maximum Gasteiger partial charge on any atom is 0.261 e. The molecule has 6 nitrogen and oxygen atoms in total. The first-order valence-corrected chi connectivity index (χ1v) is 12.4. The topological polar surface area (TPSA) is 79.4 Å². The zero-order chi connectivity index (χ0) is 22.9. The molecule has 0 spiro atoms. The number of anilines is 1. The predicted molar refractivity (Wildman–Crippen MR) is 129 cm³/mol. The summed E-state index contributed by atoms with van der Waals surface area (Å²) in [5, 5.41) is 1.32. The molecule has 164 valence electrons. The molecule has 0 saturated carbocycles. The Morgan fingerprint density at radius 2 is 1.78 bits per heavy atom. The highest BCUT2D eigenvalue weighted by Crippen LogP contribution is 2.30. The number of amides is 1. The van der Waals surface area contributed by atoms with E-state index >= 15 is 0 Å². The summed E-state index contributed by atoms with van der Waals surface area (Å²) in [6, 6.07) is 19.9. The average molecular weight is 486 g/mol. The second-order valence-corrected chi connectivity index (χ2v) is 10.4. The van der Waals surface area contributed by atoms with Crippen LogP contribution >= 0.6 is 22.9 Å². The average Bonchev–Trinajstić information content (AvgIpc) is 3.23. The van der Waals surface area contributed by atoms with Crippen molar-refractivity contribution in [2.24, 2.45) is 0 Å². The maximum atomic E-state index is 13.1. The molecule has 1 atom stereocenters. The summed E-state index contributed by atoms with van der Waals surface area (Å²) in [6.07, 6.45) is 0. The van der Waals surface area contributed by atoms with Gasteiger partial charge in [0.05, 0.1) is 21.2 Å². The molecule has 1 amide bonds. The van der Waals surface area contributed by atoms with Crippen LogP contribution < -0.4 is 4.72 Å². The molecule has 1 N–H and O–H groups in total. The minimum Gasteiger partial charge on any atom is -0.333 e. The van der Waals surface area contributed by atoms with Crippen LogP contribution in [0.4, 0.5) is 5.69 Å². The van der Waals surface area contributed by atoms with Gasteiger partial charge in [-0.15, -0.1) is 11.3 Å². The first-order chi connectivity index (χ1) is 15.2. The smallest absolute Gasteiger partial charge is 0.261 e. The molecule has 0 aliphatic rings. The summed E-state index contributed by atoms with van der Waals surface area (Å²) in [5.41, 5.74) is 1.55. The van der Waals surface area contributed by atoms with Crippen molar-refractivity contribution in [2.75, 3.05) is 11.8 Å². The number of fused-ring (bicyclic) bond motifs is 1. The van der Waals surface area contributed by atoms with Gasteiger partial charge in [0.15, 0.2) is 0 Å². The summed E-state index contributed by atoms with van der Waals surface area (Å²) in [6.45, 7) is 1.90. The lowest BCUT2D eigenvalue weighted by molar-refractivity contribution is 0.0742. The van der Waals surface area contributed by atoms with Crippen molar-refractivity contribution < 1.29 is 13.2 Å². The molecule has 0 fully saturated rings. The van der Waals surface area contributed by atoms with Crippen LogP contribution in [0, 0.1) is 0 Å². The molecule has 9 heteroatoms. The molecule has 32 heavy (non-hydrogen) atoms. The van der Waals surface area contributed by atoms with E-state index in [1.807, 2.05) is 31.2 Å². The van der Waals surface area contributed by atoms with Crippen LogP contribution in [0.2, 0.25) is 5.02 Å². The molecule has 0 radical (unpaired) electrons. The molecule has 4 aromatic rings. The van der Waals surface area contributed by atoms with E-state index < -0.39 is 10.0 Å². The quantitative estimate of drug-likeness (QED) is 0.386. The third-order valence-corrected chi connectivity index (χ3v) is 7.89. The molecular weight excluding hydrogens is 466 g/mol. The van der Waals surface area contributed by atoms with Crippen LogP contribution in [-0.2, 0) is 10.0 Å². The Morgan fingerprint density at radius 3 is 2.50 bits per heavy atom. The van der Waals surface area contributed by atoms with Crippen LogP contribution in [0.1, 0.15) is 28.3 Å². The number of thiazole rings is 1. The first-order valence-electron chi connectivity index (χ1n) is 9.76. The standard InChI is InChI=1S/C23H20ClN3O3S2/c1-15(22-25-20-8-3-4-9-21(20)31-22)27(2)23(28)16-6-5-7-19(14-16)32(29,30)26-18-12-10-17(24)11-13-18/h3-15,26H,1-2H3/t15-/m0/s1. The van der Waals surface area contributed by atoms with Crippen LogP contribution in [0.15, 0.2) is 77.7 Å². The Kier molecular flexibility index (Phi) is 6.19. The van der Waals surface area contributed by atoms with E-state index in [1.165, 1.54) is 23.5 Å². The van der Waals surface area contributed by atoms with Gasteiger partial charge in [0.25, 0.3) is 15.9 Å². The monoisotopic (exact) mass is 485 g/mol. The zero-order valence-corrected chi connectivity index (χ0v) is 19.7. The number of aromatic nitrogens is 1. The fourth-order valence-electron chi connectivity index (χ4n) is 3.14. The second kappa shape index (κ2) is 8.90. The van der Waals surface area contributed by atoms with Gasteiger partial charge >= 0.3 is 0 Å². The zero-order valence-electron chi connectivity index (χ0n) is 17.3. The van der Waals surface area contributed by atoms with Crippen molar-refractivity contribution in [1.82, 2.24) is 9.88 Å². The second-order valence-electron chi connectivity index (χ2n) is 7.25. The van der Waals surface area contributed by atoms with E-state index in [-0.39, 0.29) is 22.4 Å². The van der Waals surface area contributed by atoms with Crippen molar-refractivity contribution in [3.63, 3.8) is 0 Å². The van der Waals surface area contributed by atoms with Gasteiger partial charge in [-0.1, -0.05) is 29.8 Å². The first kappa shape index (κ1) is 22.3. The van der Waals surface area contributed by atoms with Crippen molar-refractivity contribution in [3.05, 3.63) is 88.4 Å². The fraction of sp³-hybridized carbons (Fsp3) is 0.130. The Labute approximate surface area is 195 Å². The number of nitrogens with one attached hydrogen (secondary N) is 1. The van der Waals surface area contributed by atoms with Crippen molar-refractivity contribution in [1.29, 1.82) is 0 Å². The molecule has 0 saturated heterocycles. The Hall–Kier alpha value is -2.94. The van der Waals surface area contributed by atoms with E-state index in [2.05, 4.69) is 9.71 Å². The lowest BCUT2D eigenvalue weighted by Gasteiger charge is -2.23. The molecule has 3 aromatic carbocycles. The summed E-state index contributed by atoms with van der Waals surface area (Å²) in [4.78, 5) is 19.3. The van der Waals surface area contributed by atoms with Gasteiger partial charge in [-0.3, -0.25) is 9.52 Å². The molecular formula is C23H20ClN3O3S2. The van der Waals surface area contributed by atoms with Crippen LogP contribution in [0.3, 0.4) is 0 Å². The number of carbonyl (C=O) groups excluding carboxylic acids is 1. The summed E-state index contributed by atoms with van der Waals surface area (Å²) in [7, 11) is -2.19. The Balaban J connectivity index is 1.56. The number of sulfonamides is 1. The van der Waals surface area contributed by atoms with Gasteiger partial charge in [0.1, 0.15) is 5.01 Å². The Morgan fingerprint density at radius 1 is 1.06 bits per heavy atom. The van der Waals surface area contributed by atoms with Gasteiger partial charge in [-0.05, 0) is 61.5 Å². The number of halogens is 1. The minimum absolute atomic E-state index is 0.000611.